The van der Waals surface area contributed by atoms with E-state index >= 15 is 0 Å². The van der Waals surface area contributed by atoms with E-state index in [0.717, 1.165) is 5.69 Å². The summed E-state index contributed by atoms with van der Waals surface area (Å²) in [4.78, 5) is 27.4. The number of nitro groups is 1. The highest BCUT2D eigenvalue weighted by Crippen LogP contribution is 2.26. The van der Waals surface area contributed by atoms with Crippen LogP contribution in [0.2, 0.25) is 5.02 Å². The minimum Gasteiger partial charge on any atom is -0.378 e. The zero-order valence-corrected chi connectivity index (χ0v) is 20.8. The number of hydrogen-bond donors (Lipinski definition) is 2. The second-order valence-electron chi connectivity index (χ2n) is 8.14. The maximum Gasteiger partial charge on any atom is 0.270 e. The van der Waals surface area contributed by atoms with Gasteiger partial charge in [0.25, 0.3) is 11.6 Å². The first-order valence-electron chi connectivity index (χ1n) is 11.2. The number of aromatic nitrogens is 3. The minimum atomic E-state index is -0.558. The summed E-state index contributed by atoms with van der Waals surface area (Å²) in [6.45, 7) is 2.14. The number of fused-ring (bicyclic) bond motifs is 1. The molecular weight excluding hydrogens is 518 g/mol. The summed E-state index contributed by atoms with van der Waals surface area (Å²) in [6, 6.07) is 16.6. The number of rotatable bonds is 5. The lowest BCUT2D eigenvalue weighted by atomic mass is 10.1. The van der Waals surface area contributed by atoms with Crippen LogP contribution in [0.4, 0.5) is 17.1 Å². The first-order chi connectivity index (χ1) is 17.9. The molecule has 0 radical (unpaired) electrons. The molecule has 37 heavy (non-hydrogen) atoms. The molecule has 4 aromatic rings. The number of amides is 1. The van der Waals surface area contributed by atoms with Crippen LogP contribution in [-0.4, -0.2) is 57.2 Å². The van der Waals surface area contributed by atoms with Crippen molar-refractivity contribution in [1.82, 2.24) is 20.3 Å². The Labute approximate surface area is 221 Å². The summed E-state index contributed by atoms with van der Waals surface area (Å²) in [5, 5.41) is 26.5. The van der Waals surface area contributed by atoms with E-state index in [0.29, 0.717) is 53.7 Å². The third-order valence-electron chi connectivity index (χ3n) is 5.71. The van der Waals surface area contributed by atoms with Crippen LogP contribution in [0.5, 0.6) is 0 Å². The van der Waals surface area contributed by atoms with Gasteiger partial charge in [-0.25, -0.2) is 0 Å². The van der Waals surface area contributed by atoms with Gasteiger partial charge >= 0.3 is 0 Å². The lowest BCUT2D eigenvalue weighted by Crippen LogP contribution is -2.39. The predicted molar refractivity (Wildman–Crippen MR) is 144 cm³/mol. The van der Waals surface area contributed by atoms with Crippen LogP contribution in [0, 0.1) is 10.1 Å². The van der Waals surface area contributed by atoms with E-state index in [4.69, 9.17) is 28.6 Å². The van der Waals surface area contributed by atoms with E-state index in [1.165, 1.54) is 16.9 Å². The average Bonchev–Trinajstić information content (AvgIpc) is 3.32. The Hall–Kier alpha value is -4.13. The van der Waals surface area contributed by atoms with Crippen LogP contribution in [0.25, 0.3) is 16.7 Å². The van der Waals surface area contributed by atoms with Crippen molar-refractivity contribution in [2.45, 2.75) is 0 Å². The zero-order valence-electron chi connectivity index (χ0n) is 19.3. The molecule has 188 valence electrons. The summed E-state index contributed by atoms with van der Waals surface area (Å²) in [5.41, 5.74) is 3.18. The molecule has 3 aromatic carbocycles. The Morgan fingerprint density at radius 2 is 1.76 bits per heavy atom. The van der Waals surface area contributed by atoms with Crippen molar-refractivity contribution in [2.24, 2.45) is 0 Å². The van der Waals surface area contributed by atoms with Crippen molar-refractivity contribution in [3.8, 4) is 5.69 Å². The molecule has 1 saturated heterocycles. The highest BCUT2D eigenvalue weighted by molar-refractivity contribution is 7.80. The standard InChI is InChI=1S/C24H20ClN7O4S/c25-15-1-4-17(5-2-15)31-28-20-7-3-16(13-21(20)29-31)26-24(37)27-23(33)19-14-18(32(34)35)6-8-22(19)30-9-11-36-12-10-30/h1-8,13-14H,9-12H2,(H2,26,27,33,37). The normalized spacial score (nSPS) is 13.4. The van der Waals surface area contributed by atoms with E-state index in [2.05, 4.69) is 20.8 Å². The Balaban J connectivity index is 1.33. The molecule has 0 unspecified atom stereocenters. The molecule has 11 nitrogen and oxygen atoms in total. The first kappa shape index (κ1) is 24.6. The number of benzene rings is 3. The number of nitrogens with one attached hydrogen (secondary N) is 2. The summed E-state index contributed by atoms with van der Waals surface area (Å²) in [7, 11) is 0. The number of halogens is 1. The van der Waals surface area contributed by atoms with Crippen LogP contribution in [-0.2, 0) is 4.74 Å². The van der Waals surface area contributed by atoms with Gasteiger partial charge in [-0.3, -0.25) is 20.2 Å². The van der Waals surface area contributed by atoms with Gasteiger partial charge in [-0.15, -0.1) is 10.2 Å². The first-order valence-corrected chi connectivity index (χ1v) is 12.0. The number of thiocarbonyl (C=S) groups is 1. The Morgan fingerprint density at radius 3 is 2.49 bits per heavy atom. The molecule has 13 heteroatoms. The molecule has 2 heterocycles. The third kappa shape index (κ3) is 5.50. The van der Waals surface area contributed by atoms with E-state index in [1.807, 2.05) is 17.0 Å². The van der Waals surface area contributed by atoms with Crippen molar-refractivity contribution >= 4 is 62.9 Å². The van der Waals surface area contributed by atoms with Crippen LogP contribution >= 0.6 is 23.8 Å². The monoisotopic (exact) mass is 537 g/mol. The van der Waals surface area contributed by atoms with Gasteiger partial charge in [0.05, 0.1) is 35.1 Å². The molecule has 0 aliphatic carbocycles. The average molecular weight is 538 g/mol. The molecular formula is C24H20ClN7O4S. The smallest absolute Gasteiger partial charge is 0.270 e. The fraction of sp³-hybridized carbons (Fsp3) is 0.167. The molecule has 1 aliphatic heterocycles. The molecule has 0 bridgehead atoms. The van der Waals surface area contributed by atoms with E-state index in [9.17, 15) is 14.9 Å². The van der Waals surface area contributed by atoms with Crippen LogP contribution in [0.3, 0.4) is 0 Å². The van der Waals surface area contributed by atoms with Crippen molar-refractivity contribution in [3.63, 3.8) is 0 Å². The number of carbonyl (C=O) groups excluding carboxylic acids is 1. The number of anilines is 2. The molecule has 0 spiro atoms. The minimum absolute atomic E-state index is 0.0360. The highest BCUT2D eigenvalue weighted by atomic mass is 35.5. The van der Waals surface area contributed by atoms with Gasteiger partial charge in [-0.2, -0.15) is 4.80 Å². The van der Waals surface area contributed by atoms with Gasteiger partial charge in [0.1, 0.15) is 11.0 Å². The number of carbonyl (C=O) groups is 1. The predicted octanol–water partition coefficient (Wildman–Crippen LogP) is 3.95. The molecule has 1 aliphatic rings. The lowest BCUT2D eigenvalue weighted by molar-refractivity contribution is -0.384. The number of morpholine rings is 1. The van der Waals surface area contributed by atoms with Gasteiger partial charge < -0.3 is 15.0 Å². The number of nitro benzene ring substituents is 1. The highest BCUT2D eigenvalue weighted by Gasteiger charge is 2.22. The largest absolute Gasteiger partial charge is 0.378 e. The Morgan fingerprint density at radius 1 is 1.03 bits per heavy atom. The van der Waals surface area contributed by atoms with Crippen LogP contribution < -0.4 is 15.5 Å². The summed E-state index contributed by atoms with van der Waals surface area (Å²) >= 11 is 11.3. The van der Waals surface area contributed by atoms with E-state index < -0.39 is 10.8 Å². The SMILES string of the molecule is O=C(NC(=S)Nc1ccc2nn(-c3ccc(Cl)cc3)nc2c1)c1cc([N+](=O)[O-])ccc1N1CCOCC1. The molecule has 0 atom stereocenters. The van der Waals surface area contributed by atoms with Crippen LogP contribution in [0.15, 0.2) is 60.7 Å². The van der Waals surface area contributed by atoms with Crippen LogP contribution in [0.1, 0.15) is 10.4 Å². The Bertz CT molecular complexity index is 1500. The second-order valence-corrected chi connectivity index (χ2v) is 8.98. The fourth-order valence-electron chi connectivity index (χ4n) is 3.91. The number of hydrogen-bond acceptors (Lipinski definition) is 8. The molecule has 5 rings (SSSR count). The summed E-state index contributed by atoms with van der Waals surface area (Å²) in [6.07, 6.45) is 0. The topological polar surface area (TPSA) is 127 Å². The van der Waals surface area contributed by atoms with E-state index in [-0.39, 0.29) is 16.4 Å². The van der Waals surface area contributed by atoms with Gasteiger partial charge in [0, 0.05) is 35.9 Å². The van der Waals surface area contributed by atoms with Gasteiger partial charge in [-0.1, -0.05) is 11.6 Å². The molecule has 1 amide bonds. The molecule has 2 N–H and O–H groups in total. The van der Waals surface area contributed by atoms with Gasteiger partial charge in [-0.05, 0) is 60.7 Å². The van der Waals surface area contributed by atoms with Gasteiger partial charge in [0.2, 0.25) is 0 Å². The lowest BCUT2D eigenvalue weighted by Gasteiger charge is -2.30. The molecule has 1 fully saturated rings. The molecule has 1 aromatic heterocycles. The maximum absolute atomic E-state index is 13.1. The van der Waals surface area contributed by atoms with Crippen molar-refractivity contribution in [1.29, 1.82) is 0 Å². The third-order valence-corrected chi connectivity index (χ3v) is 6.17. The number of ether oxygens (including phenoxy) is 1. The Kier molecular flexibility index (Phi) is 6.95. The second kappa shape index (κ2) is 10.5. The number of nitrogens with zero attached hydrogens (tertiary/aromatic N) is 5. The van der Waals surface area contributed by atoms with E-state index in [1.54, 1.807) is 36.4 Å². The molecule has 0 saturated carbocycles. The van der Waals surface area contributed by atoms with Crippen molar-refractivity contribution in [2.75, 3.05) is 36.5 Å². The van der Waals surface area contributed by atoms with Gasteiger partial charge in [0.15, 0.2) is 5.11 Å². The number of non-ortho nitro benzene ring substituents is 1. The fourth-order valence-corrected chi connectivity index (χ4v) is 4.25. The zero-order chi connectivity index (χ0) is 25.9. The summed E-state index contributed by atoms with van der Waals surface area (Å²) in [5.74, 6) is -0.558. The van der Waals surface area contributed by atoms with Crippen molar-refractivity contribution < 1.29 is 14.5 Å². The quantitative estimate of drug-likeness (QED) is 0.221. The summed E-state index contributed by atoms with van der Waals surface area (Å²) < 4.78 is 5.38. The maximum atomic E-state index is 13.1. The van der Waals surface area contributed by atoms with Crippen molar-refractivity contribution in [3.05, 3.63) is 81.4 Å².